The summed E-state index contributed by atoms with van der Waals surface area (Å²) in [6, 6.07) is 7.15. The van der Waals surface area contributed by atoms with Crippen molar-refractivity contribution >= 4 is 11.5 Å². The minimum Gasteiger partial charge on any atom is -0.492 e. The Morgan fingerprint density at radius 2 is 1.93 bits per heavy atom. The third-order valence-corrected chi connectivity index (χ3v) is 5.95. The normalized spacial score (nSPS) is 21.1. The molecular weight excluding hydrogens is 371 g/mol. The van der Waals surface area contributed by atoms with Crippen molar-refractivity contribution in [3.8, 4) is 16.9 Å². The van der Waals surface area contributed by atoms with E-state index in [-0.39, 0.29) is 5.82 Å². The highest BCUT2D eigenvalue weighted by Crippen LogP contribution is 2.30. The fraction of sp³-hybridized carbons (Fsp3) is 0.429. The fourth-order valence-corrected chi connectivity index (χ4v) is 4.15. The van der Waals surface area contributed by atoms with Gasteiger partial charge in [0.1, 0.15) is 24.0 Å². The van der Waals surface area contributed by atoms with Crippen LogP contribution in [0.25, 0.3) is 16.8 Å². The summed E-state index contributed by atoms with van der Waals surface area (Å²) in [7, 11) is 4.19. The molecule has 1 fully saturated rings. The van der Waals surface area contributed by atoms with E-state index in [2.05, 4.69) is 26.8 Å². The number of ether oxygens (including phenoxy) is 1. The van der Waals surface area contributed by atoms with Gasteiger partial charge in [-0.25, -0.2) is 13.9 Å². The van der Waals surface area contributed by atoms with Crippen molar-refractivity contribution in [2.75, 3.05) is 58.3 Å². The summed E-state index contributed by atoms with van der Waals surface area (Å²) in [6.45, 7) is 5.37. The van der Waals surface area contributed by atoms with Gasteiger partial charge in [0, 0.05) is 57.1 Å². The number of nitrogens with zero attached hydrogens (tertiary/aromatic N) is 6. The summed E-state index contributed by atoms with van der Waals surface area (Å²) in [5, 5.41) is 4.35. The molecule has 4 heterocycles. The Kier molecular flexibility index (Phi) is 4.60. The van der Waals surface area contributed by atoms with Crippen LogP contribution < -0.4 is 9.64 Å². The van der Waals surface area contributed by atoms with Crippen molar-refractivity contribution in [3.63, 3.8) is 0 Å². The SMILES string of the molecule is CN1CCN2CCN(C)c3ccn4ncc(c4n3)-c3cc(ccc3F)OC[C@@H]2C1. The molecule has 3 aromatic rings. The van der Waals surface area contributed by atoms with Gasteiger partial charge in [0.15, 0.2) is 5.65 Å². The van der Waals surface area contributed by atoms with E-state index in [0.717, 1.165) is 38.5 Å². The number of hydrogen-bond acceptors (Lipinski definition) is 6. The molecule has 152 valence electrons. The van der Waals surface area contributed by atoms with Gasteiger partial charge < -0.3 is 14.5 Å². The number of anilines is 1. The molecule has 5 rings (SSSR count). The Balaban J connectivity index is 1.60. The zero-order chi connectivity index (χ0) is 20.0. The number of likely N-dealkylation sites (N-methyl/N-ethyl adjacent to an activating group) is 2. The maximum Gasteiger partial charge on any atom is 0.165 e. The number of fused-ring (bicyclic) bond motifs is 5. The summed E-state index contributed by atoms with van der Waals surface area (Å²) < 4.78 is 22.5. The lowest BCUT2D eigenvalue weighted by Crippen LogP contribution is -2.55. The molecule has 0 aliphatic carbocycles. The minimum absolute atomic E-state index is 0.292. The highest BCUT2D eigenvalue weighted by Gasteiger charge is 2.26. The van der Waals surface area contributed by atoms with E-state index in [0.29, 0.717) is 35.2 Å². The summed E-state index contributed by atoms with van der Waals surface area (Å²) >= 11 is 0. The number of rotatable bonds is 0. The number of piperazine rings is 1. The number of aromatic nitrogens is 3. The van der Waals surface area contributed by atoms with Crippen molar-refractivity contribution in [2.45, 2.75) is 6.04 Å². The van der Waals surface area contributed by atoms with Gasteiger partial charge in [-0.3, -0.25) is 4.90 Å². The van der Waals surface area contributed by atoms with Crippen molar-refractivity contribution in [1.82, 2.24) is 24.4 Å². The maximum atomic E-state index is 14.7. The molecule has 2 aliphatic rings. The van der Waals surface area contributed by atoms with Crippen LogP contribution in [-0.4, -0.2) is 83.9 Å². The average molecular weight is 396 g/mol. The third kappa shape index (κ3) is 3.42. The van der Waals surface area contributed by atoms with E-state index in [9.17, 15) is 4.39 Å². The molecule has 0 radical (unpaired) electrons. The lowest BCUT2D eigenvalue weighted by Gasteiger charge is -2.40. The first kappa shape index (κ1) is 18.3. The Hall–Kier alpha value is -2.71. The van der Waals surface area contributed by atoms with Gasteiger partial charge >= 0.3 is 0 Å². The second kappa shape index (κ2) is 7.27. The monoisotopic (exact) mass is 396 g/mol. The lowest BCUT2D eigenvalue weighted by atomic mass is 10.1. The fourth-order valence-electron chi connectivity index (χ4n) is 4.15. The predicted molar refractivity (Wildman–Crippen MR) is 110 cm³/mol. The molecule has 1 aromatic carbocycles. The first-order chi connectivity index (χ1) is 14.1. The quantitative estimate of drug-likeness (QED) is 0.579. The van der Waals surface area contributed by atoms with Gasteiger partial charge in [0.25, 0.3) is 0 Å². The molecule has 0 unspecified atom stereocenters. The van der Waals surface area contributed by atoms with Gasteiger partial charge in [-0.05, 0) is 31.3 Å². The van der Waals surface area contributed by atoms with Gasteiger partial charge in [-0.15, -0.1) is 0 Å². The molecule has 8 heteroatoms. The lowest BCUT2D eigenvalue weighted by molar-refractivity contribution is 0.0603. The largest absolute Gasteiger partial charge is 0.492 e. The van der Waals surface area contributed by atoms with E-state index in [4.69, 9.17) is 9.72 Å². The molecule has 7 nitrogen and oxygen atoms in total. The Morgan fingerprint density at radius 1 is 1.07 bits per heavy atom. The second-order valence-electron chi connectivity index (χ2n) is 7.94. The predicted octanol–water partition coefficient (Wildman–Crippen LogP) is 1.98. The van der Waals surface area contributed by atoms with E-state index >= 15 is 0 Å². The van der Waals surface area contributed by atoms with Gasteiger partial charge in [-0.2, -0.15) is 5.10 Å². The van der Waals surface area contributed by atoms with Crippen LogP contribution in [0.2, 0.25) is 0 Å². The topological polar surface area (TPSA) is 49.1 Å². The standard InChI is InChI=1S/C21H25FN6O/c1-25-7-9-27-10-8-26(2)20-5-6-28-21(24-20)18(12-23-28)17-11-16(3-4-19(17)22)29-14-15(27)13-25/h3-6,11-12,15H,7-10,13-14H2,1-2H3/t15-/m0/s1. The van der Waals surface area contributed by atoms with Crippen LogP contribution in [0, 0.1) is 5.82 Å². The zero-order valence-electron chi connectivity index (χ0n) is 16.8. The highest BCUT2D eigenvalue weighted by molar-refractivity contribution is 5.78. The first-order valence-electron chi connectivity index (χ1n) is 9.99. The Morgan fingerprint density at radius 3 is 2.83 bits per heavy atom. The van der Waals surface area contributed by atoms with Crippen LogP contribution in [0.1, 0.15) is 0 Å². The van der Waals surface area contributed by atoms with Crippen molar-refractivity contribution < 1.29 is 9.13 Å². The third-order valence-electron chi connectivity index (χ3n) is 5.95. The van der Waals surface area contributed by atoms with Crippen molar-refractivity contribution in [3.05, 3.63) is 42.5 Å². The molecule has 1 saturated heterocycles. The summed E-state index contributed by atoms with van der Waals surface area (Å²) in [5.41, 5.74) is 1.76. The maximum absolute atomic E-state index is 14.7. The molecule has 29 heavy (non-hydrogen) atoms. The molecule has 1 atom stereocenters. The minimum atomic E-state index is -0.307. The van der Waals surface area contributed by atoms with Crippen molar-refractivity contribution in [1.29, 1.82) is 0 Å². The first-order valence-corrected chi connectivity index (χ1v) is 9.99. The molecule has 0 saturated carbocycles. The Labute approximate surface area is 169 Å². The number of halogens is 1. The number of benzene rings is 1. The van der Waals surface area contributed by atoms with Crippen LogP contribution in [0.3, 0.4) is 0 Å². The summed E-state index contributed by atoms with van der Waals surface area (Å²) in [4.78, 5) is 11.7. The second-order valence-corrected chi connectivity index (χ2v) is 7.94. The van der Waals surface area contributed by atoms with Crippen molar-refractivity contribution in [2.24, 2.45) is 0 Å². The summed E-state index contributed by atoms with van der Waals surface area (Å²) in [6.07, 6.45) is 3.54. The summed E-state index contributed by atoms with van der Waals surface area (Å²) in [5.74, 6) is 1.22. The highest BCUT2D eigenvalue weighted by atomic mass is 19.1. The van der Waals surface area contributed by atoms with Gasteiger partial charge in [0.05, 0.1) is 12.2 Å². The van der Waals surface area contributed by atoms with Crippen LogP contribution in [0.5, 0.6) is 5.75 Å². The molecule has 4 bridgehead atoms. The van der Waals surface area contributed by atoms with E-state index in [1.54, 1.807) is 22.8 Å². The molecule has 0 N–H and O–H groups in total. The van der Waals surface area contributed by atoms with E-state index in [1.165, 1.54) is 6.07 Å². The molecule has 0 amide bonds. The van der Waals surface area contributed by atoms with E-state index < -0.39 is 0 Å². The average Bonchev–Trinajstić information content (AvgIpc) is 3.14. The Bertz CT molecular complexity index is 1040. The van der Waals surface area contributed by atoms with Gasteiger partial charge in [-0.1, -0.05) is 0 Å². The molecule has 0 spiro atoms. The van der Waals surface area contributed by atoms with Crippen LogP contribution >= 0.6 is 0 Å². The van der Waals surface area contributed by atoms with Gasteiger partial charge in [0.2, 0.25) is 0 Å². The molecular formula is C21H25FN6O. The van der Waals surface area contributed by atoms with Crippen LogP contribution in [0.15, 0.2) is 36.7 Å². The smallest absolute Gasteiger partial charge is 0.165 e. The number of hydrogen-bond donors (Lipinski definition) is 0. The molecule has 2 aliphatic heterocycles. The van der Waals surface area contributed by atoms with Crippen LogP contribution in [-0.2, 0) is 0 Å². The zero-order valence-corrected chi connectivity index (χ0v) is 16.8. The van der Waals surface area contributed by atoms with E-state index in [1.807, 2.05) is 19.3 Å². The van der Waals surface area contributed by atoms with Crippen LogP contribution in [0.4, 0.5) is 10.2 Å². The molecule has 2 aromatic heterocycles.